The number of halogens is 1. The van der Waals surface area contributed by atoms with Crippen LogP contribution < -0.4 is 0 Å². The Morgan fingerprint density at radius 1 is 0.905 bits per heavy atom. The molecular formula is C18H13FOS. The van der Waals surface area contributed by atoms with Crippen LogP contribution in [-0.4, -0.2) is 11.5 Å². The molecule has 0 aliphatic carbocycles. The lowest BCUT2D eigenvalue weighted by atomic mass is 10.1. The zero-order chi connectivity index (χ0) is 14.7. The average molecular weight is 296 g/mol. The minimum atomic E-state index is -0.457. The molecule has 0 atom stereocenters. The van der Waals surface area contributed by atoms with E-state index in [1.165, 1.54) is 29.3 Å². The molecule has 0 radical (unpaired) electrons. The molecule has 21 heavy (non-hydrogen) atoms. The maximum absolute atomic E-state index is 13.5. The zero-order valence-electron chi connectivity index (χ0n) is 11.3. The smallest absolute Gasteiger partial charge is 0.176 e. The van der Waals surface area contributed by atoms with Crippen molar-refractivity contribution in [2.24, 2.45) is 0 Å². The molecule has 0 aromatic heterocycles. The van der Waals surface area contributed by atoms with Crippen molar-refractivity contribution in [3.8, 4) is 0 Å². The van der Waals surface area contributed by atoms with E-state index >= 15 is 0 Å². The van der Waals surface area contributed by atoms with E-state index in [0.717, 1.165) is 10.3 Å². The minimum Gasteiger partial charge on any atom is -0.293 e. The van der Waals surface area contributed by atoms with Crippen molar-refractivity contribution in [2.75, 3.05) is 5.75 Å². The highest BCUT2D eigenvalue weighted by molar-refractivity contribution is 8.00. The lowest BCUT2D eigenvalue weighted by molar-refractivity contribution is 0.101. The van der Waals surface area contributed by atoms with Crippen LogP contribution in [-0.2, 0) is 0 Å². The van der Waals surface area contributed by atoms with Crippen molar-refractivity contribution in [3.05, 3.63) is 78.1 Å². The maximum Gasteiger partial charge on any atom is 0.176 e. The molecule has 104 valence electrons. The van der Waals surface area contributed by atoms with Crippen LogP contribution >= 0.6 is 11.8 Å². The first-order valence-electron chi connectivity index (χ1n) is 6.63. The number of fused-ring (bicyclic) bond motifs is 1. The summed E-state index contributed by atoms with van der Waals surface area (Å²) < 4.78 is 13.5. The lowest BCUT2D eigenvalue weighted by Gasteiger charge is -2.04. The fraction of sp³-hybridized carbons (Fsp3) is 0.0556. The third kappa shape index (κ3) is 3.14. The van der Waals surface area contributed by atoms with Gasteiger partial charge in [-0.1, -0.05) is 42.5 Å². The Hall–Kier alpha value is -2.13. The fourth-order valence-corrected chi connectivity index (χ4v) is 3.00. The Morgan fingerprint density at radius 2 is 1.62 bits per heavy atom. The van der Waals surface area contributed by atoms with E-state index in [4.69, 9.17) is 0 Å². The van der Waals surface area contributed by atoms with Gasteiger partial charge in [0.15, 0.2) is 5.78 Å². The summed E-state index contributed by atoms with van der Waals surface area (Å²) in [7, 11) is 0. The van der Waals surface area contributed by atoms with Gasteiger partial charge in [0.1, 0.15) is 5.82 Å². The molecular weight excluding hydrogens is 283 g/mol. The number of hydrogen-bond donors (Lipinski definition) is 0. The van der Waals surface area contributed by atoms with Gasteiger partial charge in [-0.15, -0.1) is 11.8 Å². The van der Waals surface area contributed by atoms with Crippen LogP contribution in [0.3, 0.4) is 0 Å². The molecule has 3 aromatic rings. The minimum absolute atomic E-state index is 0.158. The van der Waals surface area contributed by atoms with Gasteiger partial charge in [-0.25, -0.2) is 4.39 Å². The maximum atomic E-state index is 13.5. The third-order valence-electron chi connectivity index (χ3n) is 3.27. The second-order valence-electron chi connectivity index (χ2n) is 4.70. The topological polar surface area (TPSA) is 17.1 Å². The molecule has 0 aliphatic heterocycles. The van der Waals surface area contributed by atoms with Crippen molar-refractivity contribution >= 4 is 28.3 Å². The normalized spacial score (nSPS) is 10.7. The van der Waals surface area contributed by atoms with Crippen molar-refractivity contribution in [2.45, 2.75) is 4.90 Å². The van der Waals surface area contributed by atoms with E-state index in [0.29, 0.717) is 0 Å². The Balaban J connectivity index is 1.74. The second kappa shape index (κ2) is 6.10. The molecule has 0 unspecified atom stereocenters. The summed E-state index contributed by atoms with van der Waals surface area (Å²) in [6.07, 6.45) is 0. The monoisotopic (exact) mass is 296 g/mol. The lowest BCUT2D eigenvalue weighted by Crippen LogP contribution is -2.04. The fourth-order valence-electron chi connectivity index (χ4n) is 2.17. The van der Waals surface area contributed by atoms with Crippen LogP contribution in [0, 0.1) is 5.82 Å². The number of benzene rings is 3. The molecule has 1 nitrogen and oxygen atoms in total. The highest BCUT2D eigenvalue weighted by Crippen LogP contribution is 2.24. The van der Waals surface area contributed by atoms with E-state index < -0.39 is 5.82 Å². The van der Waals surface area contributed by atoms with Crippen LogP contribution in [0.1, 0.15) is 10.4 Å². The molecule has 0 amide bonds. The van der Waals surface area contributed by atoms with E-state index in [9.17, 15) is 9.18 Å². The molecule has 0 spiro atoms. The van der Waals surface area contributed by atoms with Gasteiger partial charge in [-0.05, 0) is 35.0 Å². The summed E-state index contributed by atoms with van der Waals surface area (Å²) in [5.74, 6) is -0.410. The van der Waals surface area contributed by atoms with Gasteiger partial charge in [-0.3, -0.25) is 4.79 Å². The number of ketones is 1. The molecule has 0 saturated heterocycles. The predicted molar refractivity (Wildman–Crippen MR) is 85.4 cm³/mol. The number of carbonyl (C=O) groups is 1. The summed E-state index contributed by atoms with van der Waals surface area (Å²) in [6, 6.07) is 20.2. The standard InChI is InChI=1S/C18H13FOS/c19-17-8-4-3-7-16(17)18(20)12-21-15-10-9-13-5-1-2-6-14(13)11-15/h1-11H,12H2. The molecule has 0 saturated carbocycles. The number of carbonyl (C=O) groups excluding carboxylic acids is 1. The van der Waals surface area contributed by atoms with E-state index in [2.05, 4.69) is 6.07 Å². The first-order valence-corrected chi connectivity index (χ1v) is 7.62. The molecule has 0 fully saturated rings. The van der Waals surface area contributed by atoms with Crippen LogP contribution in [0.15, 0.2) is 71.6 Å². The summed E-state index contributed by atoms with van der Waals surface area (Å²) in [4.78, 5) is 13.1. The van der Waals surface area contributed by atoms with Crippen LogP contribution in [0.5, 0.6) is 0 Å². The Morgan fingerprint density at radius 3 is 2.43 bits per heavy atom. The average Bonchev–Trinajstić information content (AvgIpc) is 2.53. The summed E-state index contributed by atoms with van der Waals surface area (Å²) in [6.45, 7) is 0. The quantitative estimate of drug-likeness (QED) is 0.500. The van der Waals surface area contributed by atoms with Crippen LogP contribution in [0.25, 0.3) is 10.8 Å². The highest BCUT2D eigenvalue weighted by Gasteiger charge is 2.11. The number of Topliss-reactive ketones (excluding diaryl/α,β-unsaturated/α-hetero) is 1. The molecule has 0 heterocycles. The first kappa shape index (κ1) is 13.8. The largest absolute Gasteiger partial charge is 0.293 e. The van der Waals surface area contributed by atoms with Gasteiger partial charge in [0, 0.05) is 4.90 Å². The molecule has 3 heteroatoms. The molecule has 0 N–H and O–H groups in total. The summed E-state index contributed by atoms with van der Waals surface area (Å²) in [5, 5.41) is 2.31. The third-order valence-corrected chi connectivity index (χ3v) is 4.26. The Bertz CT molecular complexity index is 798. The molecule has 3 rings (SSSR count). The van der Waals surface area contributed by atoms with Gasteiger partial charge in [0.05, 0.1) is 11.3 Å². The van der Waals surface area contributed by atoms with E-state index in [1.54, 1.807) is 12.1 Å². The van der Waals surface area contributed by atoms with Crippen molar-refractivity contribution in [1.29, 1.82) is 0 Å². The predicted octanol–water partition coefficient (Wildman–Crippen LogP) is 4.95. The Labute approximate surface area is 126 Å². The number of thioether (sulfide) groups is 1. The number of rotatable bonds is 4. The van der Waals surface area contributed by atoms with Gasteiger partial charge < -0.3 is 0 Å². The van der Waals surface area contributed by atoms with Crippen molar-refractivity contribution < 1.29 is 9.18 Å². The second-order valence-corrected chi connectivity index (χ2v) is 5.75. The van der Waals surface area contributed by atoms with E-state index in [1.807, 2.05) is 36.4 Å². The number of hydrogen-bond acceptors (Lipinski definition) is 2. The van der Waals surface area contributed by atoms with Gasteiger partial charge >= 0.3 is 0 Å². The first-order chi connectivity index (χ1) is 10.2. The zero-order valence-corrected chi connectivity index (χ0v) is 12.1. The summed E-state index contributed by atoms with van der Waals surface area (Å²) in [5.41, 5.74) is 0.158. The van der Waals surface area contributed by atoms with Gasteiger partial charge in [0.25, 0.3) is 0 Å². The SMILES string of the molecule is O=C(CSc1ccc2ccccc2c1)c1ccccc1F. The van der Waals surface area contributed by atoms with Crippen LogP contribution in [0.2, 0.25) is 0 Å². The highest BCUT2D eigenvalue weighted by atomic mass is 32.2. The molecule has 3 aromatic carbocycles. The Kier molecular flexibility index (Phi) is 4.02. The van der Waals surface area contributed by atoms with Crippen molar-refractivity contribution in [1.82, 2.24) is 0 Å². The van der Waals surface area contributed by atoms with Gasteiger partial charge in [0.2, 0.25) is 0 Å². The summed E-state index contributed by atoms with van der Waals surface area (Å²) >= 11 is 1.43. The van der Waals surface area contributed by atoms with Gasteiger partial charge in [-0.2, -0.15) is 0 Å². The van der Waals surface area contributed by atoms with Crippen molar-refractivity contribution in [3.63, 3.8) is 0 Å². The molecule has 0 aliphatic rings. The van der Waals surface area contributed by atoms with Crippen LogP contribution in [0.4, 0.5) is 4.39 Å². The van der Waals surface area contributed by atoms with E-state index in [-0.39, 0.29) is 17.1 Å². The molecule has 0 bridgehead atoms.